The van der Waals surface area contributed by atoms with Gasteiger partial charge in [0.15, 0.2) is 6.61 Å². The van der Waals surface area contributed by atoms with E-state index in [2.05, 4.69) is 45.5 Å². The topological polar surface area (TPSA) is 76.7 Å². The summed E-state index contributed by atoms with van der Waals surface area (Å²) in [5.41, 5.74) is 6.10. The number of benzene rings is 2. The molecule has 6 nitrogen and oxygen atoms in total. The number of nitrogens with one attached hydrogen (secondary N) is 2. The van der Waals surface area contributed by atoms with E-state index in [1.54, 1.807) is 24.3 Å². The first-order chi connectivity index (χ1) is 14.2. The molecule has 0 aliphatic carbocycles. The molecule has 6 heteroatoms. The molecule has 0 spiro atoms. The second-order valence-electron chi connectivity index (χ2n) is 8.59. The fraction of sp³-hybridized carbons (Fsp3) is 0.417. The van der Waals surface area contributed by atoms with E-state index < -0.39 is 11.8 Å². The van der Waals surface area contributed by atoms with E-state index in [-0.39, 0.29) is 12.0 Å². The minimum absolute atomic E-state index is 0.105. The Labute approximate surface area is 178 Å². The molecule has 0 atom stereocenters. The summed E-state index contributed by atoms with van der Waals surface area (Å²) in [5, 5.41) is 0. The minimum atomic E-state index is -0.444. The fourth-order valence-corrected chi connectivity index (χ4v) is 2.71. The number of para-hydroxylation sites is 1. The van der Waals surface area contributed by atoms with Gasteiger partial charge in [0.25, 0.3) is 11.8 Å². The fourth-order valence-electron chi connectivity index (χ4n) is 2.71. The molecule has 0 unspecified atom stereocenters. The Morgan fingerprint density at radius 3 is 2.23 bits per heavy atom. The first-order valence-electron chi connectivity index (χ1n) is 10.2. The zero-order valence-electron chi connectivity index (χ0n) is 18.5. The van der Waals surface area contributed by atoms with E-state index in [0.29, 0.717) is 29.6 Å². The van der Waals surface area contributed by atoms with Crippen LogP contribution in [0.4, 0.5) is 0 Å². The van der Waals surface area contributed by atoms with E-state index in [9.17, 15) is 9.59 Å². The summed E-state index contributed by atoms with van der Waals surface area (Å²) in [6.45, 7) is 11.0. The first kappa shape index (κ1) is 23.3. The minimum Gasteiger partial charge on any atom is -0.494 e. The molecule has 162 valence electrons. The normalized spacial score (nSPS) is 11.1. The first-order valence-corrected chi connectivity index (χ1v) is 10.2. The number of hydrogen-bond acceptors (Lipinski definition) is 4. The van der Waals surface area contributed by atoms with Crippen LogP contribution in [-0.4, -0.2) is 25.0 Å². The highest BCUT2D eigenvalue weighted by Gasteiger charge is 2.19. The third-order valence-corrected chi connectivity index (χ3v) is 4.45. The Kier molecular flexibility index (Phi) is 8.27. The molecule has 0 heterocycles. The Morgan fingerprint density at radius 2 is 1.60 bits per heavy atom. The van der Waals surface area contributed by atoms with Gasteiger partial charge in [-0.3, -0.25) is 20.4 Å². The number of hydrogen-bond donors (Lipinski definition) is 2. The average Bonchev–Trinajstić information content (AvgIpc) is 2.70. The van der Waals surface area contributed by atoms with Crippen LogP contribution in [0.5, 0.6) is 11.5 Å². The van der Waals surface area contributed by atoms with Crippen LogP contribution < -0.4 is 20.3 Å². The molecule has 30 heavy (non-hydrogen) atoms. The Balaban J connectivity index is 1.80. The van der Waals surface area contributed by atoms with Crippen molar-refractivity contribution in [3.63, 3.8) is 0 Å². The van der Waals surface area contributed by atoms with Crippen LogP contribution in [0.2, 0.25) is 0 Å². The number of rotatable bonds is 8. The van der Waals surface area contributed by atoms with Crippen LogP contribution in [0, 0.1) is 5.92 Å². The third kappa shape index (κ3) is 7.43. The molecule has 0 saturated carbocycles. The van der Waals surface area contributed by atoms with Crippen molar-refractivity contribution in [2.24, 2.45) is 5.92 Å². The van der Waals surface area contributed by atoms with Gasteiger partial charge in [-0.15, -0.1) is 0 Å². The van der Waals surface area contributed by atoms with Crippen LogP contribution in [0.1, 0.15) is 57.0 Å². The maximum absolute atomic E-state index is 12.2. The molecule has 2 aromatic rings. The molecule has 0 saturated heterocycles. The second-order valence-corrected chi connectivity index (χ2v) is 8.59. The molecule has 0 fully saturated rings. The van der Waals surface area contributed by atoms with Gasteiger partial charge in [0.1, 0.15) is 11.5 Å². The number of carbonyl (C=O) groups is 2. The molecular formula is C24H32N2O4. The summed E-state index contributed by atoms with van der Waals surface area (Å²) in [6, 6.07) is 14.4. The lowest BCUT2D eigenvalue weighted by Crippen LogP contribution is -2.43. The Hall–Kier alpha value is -3.02. The molecule has 2 N–H and O–H groups in total. The molecule has 0 radical (unpaired) electrons. The highest BCUT2D eigenvalue weighted by Crippen LogP contribution is 2.30. The SMILES string of the molecule is CC(C)CCOc1ccc(C(=O)NNC(=O)COc2ccccc2C(C)(C)C)cc1. The molecule has 0 aliphatic rings. The maximum Gasteiger partial charge on any atom is 0.276 e. The van der Waals surface area contributed by atoms with Gasteiger partial charge in [0, 0.05) is 5.56 Å². The van der Waals surface area contributed by atoms with Gasteiger partial charge < -0.3 is 9.47 Å². The summed E-state index contributed by atoms with van der Waals surface area (Å²) in [7, 11) is 0. The summed E-state index contributed by atoms with van der Waals surface area (Å²) in [6.07, 6.45) is 0.969. The zero-order valence-corrected chi connectivity index (χ0v) is 18.5. The Bertz CT molecular complexity index is 839. The van der Waals surface area contributed by atoms with Crippen molar-refractivity contribution < 1.29 is 19.1 Å². The van der Waals surface area contributed by atoms with E-state index in [1.807, 2.05) is 24.3 Å². The van der Waals surface area contributed by atoms with Crippen LogP contribution in [-0.2, 0) is 10.2 Å². The van der Waals surface area contributed by atoms with E-state index >= 15 is 0 Å². The lowest BCUT2D eigenvalue weighted by Gasteiger charge is -2.22. The van der Waals surface area contributed by atoms with Crippen molar-refractivity contribution >= 4 is 11.8 Å². The second kappa shape index (κ2) is 10.7. The monoisotopic (exact) mass is 412 g/mol. The van der Waals surface area contributed by atoms with Crippen molar-refractivity contribution in [1.82, 2.24) is 10.9 Å². The molecule has 0 bridgehead atoms. The van der Waals surface area contributed by atoms with E-state index in [4.69, 9.17) is 9.47 Å². The lowest BCUT2D eigenvalue weighted by atomic mass is 9.86. The average molecular weight is 413 g/mol. The van der Waals surface area contributed by atoms with Gasteiger partial charge in [0.2, 0.25) is 0 Å². The highest BCUT2D eigenvalue weighted by molar-refractivity contribution is 5.95. The lowest BCUT2D eigenvalue weighted by molar-refractivity contribution is -0.123. The highest BCUT2D eigenvalue weighted by atomic mass is 16.5. The molecular weight excluding hydrogens is 380 g/mol. The van der Waals surface area contributed by atoms with Gasteiger partial charge in [-0.25, -0.2) is 0 Å². The smallest absolute Gasteiger partial charge is 0.276 e. The molecule has 2 aromatic carbocycles. The van der Waals surface area contributed by atoms with Crippen molar-refractivity contribution in [1.29, 1.82) is 0 Å². The van der Waals surface area contributed by atoms with Crippen LogP contribution in [0.3, 0.4) is 0 Å². The van der Waals surface area contributed by atoms with Gasteiger partial charge in [0.05, 0.1) is 6.61 Å². The standard InChI is InChI=1S/C24H32N2O4/c1-17(2)14-15-29-19-12-10-18(11-13-19)23(28)26-25-22(27)16-30-21-9-7-6-8-20(21)24(3,4)5/h6-13,17H,14-16H2,1-5H3,(H,25,27)(H,26,28). The maximum atomic E-state index is 12.2. The van der Waals surface area contributed by atoms with Crippen molar-refractivity contribution in [3.05, 3.63) is 59.7 Å². The quantitative estimate of drug-likeness (QED) is 0.636. The number of ether oxygens (including phenoxy) is 2. The van der Waals surface area contributed by atoms with Gasteiger partial charge in [-0.1, -0.05) is 52.8 Å². The largest absolute Gasteiger partial charge is 0.494 e. The summed E-state index contributed by atoms with van der Waals surface area (Å²) >= 11 is 0. The Morgan fingerprint density at radius 1 is 0.933 bits per heavy atom. The number of amides is 2. The molecule has 2 rings (SSSR count). The van der Waals surface area contributed by atoms with E-state index in [1.165, 1.54) is 0 Å². The zero-order chi connectivity index (χ0) is 22.1. The van der Waals surface area contributed by atoms with Crippen molar-refractivity contribution in [2.75, 3.05) is 13.2 Å². The summed E-state index contributed by atoms with van der Waals surface area (Å²) in [5.74, 6) is 1.08. The van der Waals surface area contributed by atoms with Crippen LogP contribution >= 0.6 is 0 Å². The van der Waals surface area contributed by atoms with Crippen LogP contribution in [0.25, 0.3) is 0 Å². The van der Waals surface area contributed by atoms with E-state index in [0.717, 1.165) is 12.0 Å². The number of carbonyl (C=O) groups excluding carboxylic acids is 2. The predicted octanol–water partition coefficient (Wildman–Crippen LogP) is 4.25. The summed E-state index contributed by atoms with van der Waals surface area (Å²) < 4.78 is 11.3. The third-order valence-electron chi connectivity index (χ3n) is 4.45. The predicted molar refractivity (Wildman–Crippen MR) is 118 cm³/mol. The van der Waals surface area contributed by atoms with Crippen molar-refractivity contribution in [3.8, 4) is 11.5 Å². The molecule has 2 amide bonds. The van der Waals surface area contributed by atoms with Crippen molar-refractivity contribution in [2.45, 2.75) is 46.5 Å². The summed E-state index contributed by atoms with van der Waals surface area (Å²) in [4.78, 5) is 24.3. The molecule has 0 aliphatic heterocycles. The van der Waals surface area contributed by atoms with Gasteiger partial charge >= 0.3 is 0 Å². The number of hydrazine groups is 1. The van der Waals surface area contributed by atoms with Crippen LogP contribution in [0.15, 0.2) is 48.5 Å². The molecule has 0 aromatic heterocycles. The van der Waals surface area contributed by atoms with Gasteiger partial charge in [-0.2, -0.15) is 0 Å². The van der Waals surface area contributed by atoms with Gasteiger partial charge in [-0.05, 0) is 53.6 Å².